The van der Waals surface area contributed by atoms with Crippen LogP contribution in [-0.2, 0) is 5.66 Å². The molecule has 1 heterocycles. The SMILES string of the molecule is O=C(O)c1ccc(C2(C(F)(F)F)NN2)cc1O. The molecule has 0 aliphatic carbocycles. The Morgan fingerprint density at radius 3 is 2.24 bits per heavy atom. The summed E-state index contributed by atoms with van der Waals surface area (Å²) in [6.45, 7) is 0. The second-order valence-electron chi connectivity index (χ2n) is 3.53. The molecule has 5 nitrogen and oxygen atoms in total. The van der Waals surface area contributed by atoms with Crippen LogP contribution in [0.5, 0.6) is 5.75 Å². The number of phenols is 1. The maximum atomic E-state index is 12.6. The maximum absolute atomic E-state index is 12.6. The van der Waals surface area contributed by atoms with E-state index >= 15 is 0 Å². The van der Waals surface area contributed by atoms with Gasteiger partial charge in [-0.15, -0.1) is 0 Å². The molecule has 0 spiro atoms. The van der Waals surface area contributed by atoms with Gasteiger partial charge in [0.2, 0.25) is 5.66 Å². The molecule has 1 aliphatic heterocycles. The molecule has 2 rings (SSSR count). The Balaban J connectivity index is 2.43. The molecule has 0 amide bonds. The van der Waals surface area contributed by atoms with Gasteiger partial charge in [0.05, 0.1) is 0 Å². The Morgan fingerprint density at radius 2 is 1.88 bits per heavy atom. The molecule has 1 aromatic rings. The second kappa shape index (κ2) is 3.34. The largest absolute Gasteiger partial charge is 0.507 e. The fourth-order valence-electron chi connectivity index (χ4n) is 1.46. The number of hydrogen-bond donors (Lipinski definition) is 4. The summed E-state index contributed by atoms with van der Waals surface area (Å²) in [5, 5.41) is 17.9. The van der Waals surface area contributed by atoms with Crippen LogP contribution in [0.25, 0.3) is 0 Å². The first-order valence-electron chi connectivity index (χ1n) is 4.46. The molecule has 0 radical (unpaired) electrons. The molecule has 1 fully saturated rings. The third-order valence-corrected chi connectivity index (χ3v) is 2.46. The minimum atomic E-state index is -4.59. The van der Waals surface area contributed by atoms with E-state index in [0.717, 1.165) is 18.2 Å². The number of carbonyl (C=O) groups is 1. The molecule has 1 aliphatic rings. The monoisotopic (exact) mass is 248 g/mol. The second-order valence-corrected chi connectivity index (χ2v) is 3.53. The molecular formula is C9H7F3N2O3. The van der Waals surface area contributed by atoms with Crippen LogP contribution in [-0.4, -0.2) is 22.4 Å². The Labute approximate surface area is 92.8 Å². The van der Waals surface area contributed by atoms with Gasteiger partial charge < -0.3 is 10.2 Å². The van der Waals surface area contributed by atoms with Gasteiger partial charge in [0.1, 0.15) is 11.3 Å². The fraction of sp³-hybridized carbons (Fsp3) is 0.222. The quantitative estimate of drug-likeness (QED) is 0.583. The Morgan fingerprint density at radius 1 is 1.29 bits per heavy atom. The number of carboxylic acid groups (broad SMARTS) is 1. The van der Waals surface area contributed by atoms with Crippen LogP contribution in [0, 0.1) is 0 Å². The molecule has 17 heavy (non-hydrogen) atoms. The highest BCUT2D eigenvalue weighted by molar-refractivity contribution is 5.90. The lowest BCUT2D eigenvalue weighted by Crippen LogP contribution is -2.34. The van der Waals surface area contributed by atoms with Gasteiger partial charge in [0.15, 0.2) is 0 Å². The number of aromatic carboxylic acids is 1. The van der Waals surface area contributed by atoms with Gasteiger partial charge in [0, 0.05) is 5.56 Å². The van der Waals surface area contributed by atoms with Crippen molar-refractivity contribution in [2.75, 3.05) is 0 Å². The first-order chi connectivity index (χ1) is 7.78. The predicted octanol–water partition coefficient (Wildman–Crippen LogP) is 0.913. The van der Waals surface area contributed by atoms with E-state index in [1.807, 2.05) is 10.9 Å². The van der Waals surface area contributed by atoms with E-state index in [1.165, 1.54) is 0 Å². The van der Waals surface area contributed by atoms with Gasteiger partial charge in [-0.1, -0.05) is 6.07 Å². The normalized spacial score (nSPS) is 17.8. The van der Waals surface area contributed by atoms with Gasteiger partial charge in [0.25, 0.3) is 0 Å². The number of alkyl halides is 3. The van der Waals surface area contributed by atoms with Gasteiger partial charge in [-0.3, -0.25) is 0 Å². The minimum Gasteiger partial charge on any atom is -0.507 e. The van der Waals surface area contributed by atoms with Crippen molar-refractivity contribution in [3.05, 3.63) is 29.3 Å². The van der Waals surface area contributed by atoms with Gasteiger partial charge >= 0.3 is 12.1 Å². The molecule has 0 bridgehead atoms. The van der Waals surface area contributed by atoms with Crippen LogP contribution in [0.2, 0.25) is 0 Å². The molecule has 8 heteroatoms. The predicted molar refractivity (Wildman–Crippen MR) is 49.1 cm³/mol. The summed E-state index contributed by atoms with van der Waals surface area (Å²) in [4.78, 5) is 10.6. The van der Waals surface area contributed by atoms with E-state index < -0.39 is 29.1 Å². The molecule has 1 saturated heterocycles. The topological polar surface area (TPSA) is 101 Å². The van der Waals surface area contributed by atoms with Crippen molar-refractivity contribution in [3.8, 4) is 5.75 Å². The Kier molecular flexibility index (Phi) is 2.30. The summed E-state index contributed by atoms with van der Waals surface area (Å²) in [6.07, 6.45) is -4.59. The first-order valence-corrected chi connectivity index (χ1v) is 4.46. The lowest BCUT2D eigenvalue weighted by atomic mass is 10.0. The van der Waals surface area contributed by atoms with Crippen molar-refractivity contribution < 1.29 is 28.2 Å². The number of aromatic hydroxyl groups is 1. The van der Waals surface area contributed by atoms with E-state index in [2.05, 4.69) is 0 Å². The van der Waals surface area contributed by atoms with Crippen LogP contribution in [0.3, 0.4) is 0 Å². The molecule has 0 atom stereocenters. The summed E-state index contributed by atoms with van der Waals surface area (Å²) in [5.74, 6) is -2.12. The Hall–Kier alpha value is -1.80. The van der Waals surface area contributed by atoms with Crippen molar-refractivity contribution in [3.63, 3.8) is 0 Å². The van der Waals surface area contributed by atoms with Gasteiger partial charge in [-0.05, 0) is 12.1 Å². The zero-order valence-electron chi connectivity index (χ0n) is 8.17. The van der Waals surface area contributed by atoms with Crippen LogP contribution >= 0.6 is 0 Å². The number of rotatable bonds is 2. The van der Waals surface area contributed by atoms with E-state index in [-0.39, 0.29) is 5.56 Å². The molecular weight excluding hydrogens is 241 g/mol. The van der Waals surface area contributed by atoms with E-state index in [0.29, 0.717) is 0 Å². The lowest BCUT2D eigenvalue weighted by Gasteiger charge is -2.16. The average Bonchev–Trinajstić information content (AvgIpc) is 2.95. The molecule has 0 unspecified atom stereocenters. The summed E-state index contributed by atoms with van der Waals surface area (Å²) in [6, 6.07) is 2.68. The highest BCUT2D eigenvalue weighted by atomic mass is 19.4. The van der Waals surface area contributed by atoms with E-state index in [4.69, 9.17) is 5.11 Å². The summed E-state index contributed by atoms with van der Waals surface area (Å²) in [5.41, 5.74) is 0.741. The lowest BCUT2D eigenvalue weighted by molar-refractivity contribution is -0.165. The zero-order valence-corrected chi connectivity index (χ0v) is 8.17. The van der Waals surface area contributed by atoms with Crippen molar-refractivity contribution in [1.82, 2.24) is 10.9 Å². The summed E-state index contributed by atoms with van der Waals surface area (Å²) >= 11 is 0. The molecule has 4 N–H and O–H groups in total. The highest BCUT2D eigenvalue weighted by Gasteiger charge is 2.65. The van der Waals surface area contributed by atoms with Crippen molar-refractivity contribution in [1.29, 1.82) is 0 Å². The zero-order chi connectivity index (χ0) is 12.8. The van der Waals surface area contributed by atoms with Crippen LogP contribution in [0.15, 0.2) is 18.2 Å². The number of nitrogens with one attached hydrogen (secondary N) is 2. The fourth-order valence-corrected chi connectivity index (χ4v) is 1.46. The van der Waals surface area contributed by atoms with Crippen LogP contribution in [0.1, 0.15) is 15.9 Å². The molecule has 0 aromatic heterocycles. The Bertz CT molecular complexity index is 483. The average molecular weight is 248 g/mol. The summed E-state index contributed by atoms with van der Waals surface area (Å²) < 4.78 is 37.9. The third kappa shape index (κ3) is 1.71. The van der Waals surface area contributed by atoms with Crippen molar-refractivity contribution in [2.24, 2.45) is 0 Å². The van der Waals surface area contributed by atoms with E-state index in [1.54, 1.807) is 0 Å². The smallest absolute Gasteiger partial charge is 0.426 e. The van der Waals surface area contributed by atoms with Crippen LogP contribution < -0.4 is 10.9 Å². The van der Waals surface area contributed by atoms with Crippen LogP contribution in [0.4, 0.5) is 13.2 Å². The molecule has 92 valence electrons. The molecule has 0 saturated carbocycles. The number of hydrazine groups is 1. The number of hydrogen-bond acceptors (Lipinski definition) is 4. The third-order valence-electron chi connectivity index (χ3n) is 2.46. The molecule has 1 aromatic carbocycles. The van der Waals surface area contributed by atoms with Crippen molar-refractivity contribution in [2.45, 2.75) is 11.8 Å². The maximum Gasteiger partial charge on any atom is 0.426 e. The first kappa shape index (κ1) is 11.7. The highest BCUT2D eigenvalue weighted by Crippen LogP contribution is 2.43. The standard InChI is InChI=1S/C9H7F3N2O3/c10-9(11,12)8(13-14-8)4-1-2-5(7(16)17)6(15)3-4/h1-3,13-15H,(H,16,17). The van der Waals surface area contributed by atoms with Crippen molar-refractivity contribution >= 4 is 5.97 Å². The van der Waals surface area contributed by atoms with Gasteiger partial charge in [-0.25, -0.2) is 15.6 Å². The minimum absolute atomic E-state index is 0.299. The number of carboxylic acids is 1. The summed E-state index contributed by atoms with van der Waals surface area (Å²) in [7, 11) is 0. The number of halogens is 3. The van der Waals surface area contributed by atoms with E-state index in [9.17, 15) is 23.1 Å². The van der Waals surface area contributed by atoms with Gasteiger partial charge in [-0.2, -0.15) is 13.2 Å². The number of benzene rings is 1.